The zero-order valence-electron chi connectivity index (χ0n) is 15.8. The highest BCUT2D eigenvalue weighted by Gasteiger charge is 2.36. The second-order valence-electron chi connectivity index (χ2n) is 7.57. The Morgan fingerprint density at radius 1 is 1.07 bits per heavy atom. The van der Waals surface area contributed by atoms with Gasteiger partial charge in [0.25, 0.3) is 11.8 Å². The van der Waals surface area contributed by atoms with Crippen LogP contribution in [0.3, 0.4) is 0 Å². The largest absolute Gasteiger partial charge is 0.331 e. The molecule has 1 fully saturated rings. The fourth-order valence-corrected chi connectivity index (χ4v) is 4.28. The number of aryl methyl sites for hydroxylation is 1. The number of rotatable bonds is 4. The van der Waals surface area contributed by atoms with Crippen LogP contribution in [0.1, 0.15) is 70.9 Å². The molecule has 0 unspecified atom stereocenters. The Balaban J connectivity index is 1.56. The summed E-state index contributed by atoms with van der Waals surface area (Å²) in [6.07, 6.45) is 6.75. The molecule has 1 aliphatic carbocycles. The van der Waals surface area contributed by atoms with Gasteiger partial charge in [-0.1, -0.05) is 50.5 Å². The van der Waals surface area contributed by atoms with E-state index in [1.165, 1.54) is 24.8 Å². The molecule has 0 atom stereocenters. The molecule has 1 saturated carbocycles. The molecule has 1 heterocycles. The van der Waals surface area contributed by atoms with E-state index in [-0.39, 0.29) is 11.8 Å². The van der Waals surface area contributed by atoms with E-state index in [9.17, 15) is 9.59 Å². The van der Waals surface area contributed by atoms with Gasteiger partial charge in [0.2, 0.25) is 0 Å². The summed E-state index contributed by atoms with van der Waals surface area (Å²) in [7, 11) is 0. The normalized spacial score (nSPS) is 17.1. The van der Waals surface area contributed by atoms with Crippen molar-refractivity contribution >= 4 is 17.5 Å². The van der Waals surface area contributed by atoms with Crippen molar-refractivity contribution in [3.8, 4) is 0 Å². The van der Waals surface area contributed by atoms with Crippen LogP contribution >= 0.6 is 0 Å². The maximum atomic E-state index is 13.1. The van der Waals surface area contributed by atoms with Crippen molar-refractivity contribution in [2.24, 2.45) is 0 Å². The van der Waals surface area contributed by atoms with Gasteiger partial charge < -0.3 is 10.2 Å². The lowest BCUT2D eigenvalue weighted by atomic mass is 9.94. The summed E-state index contributed by atoms with van der Waals surface area (Å²) in [4.78, 5) is 28.0. The van der Waals surface area contributed by atoms with E-state index in [0.717, 1.165) is 30.5 Å². The van der Waals surface area contributed by atoms with E-state index in [1.807, 2.05) is 41.3 Å². The Morgan fingerprint density at radius 3 is 2.52 bits per heavy atom. The van der Waals surface area contributed by atoms with E-state index < -0.39 is 0 Å². The summed E-state index contributed by atoms with van der Waals surface area (Å²) in [5.41, 5.74) is 4.02. The molecule has 4 nitrogen and oxygen atoms in total. The minimum Gasteiger partial charge on any atom is -0.331 e. The number of benzene rings is 2. The van der Waals surface area contributed by atoms with Crippen LogP contribution in [0.2, 0.25) is 0 Å². The van der Waals surface area contributed by atoms with Crippen LogP contribution in [0.15, 0.2) is 42.5 Å². The highest BCUT2D eigenvalue weighted by molar-refractivity contribution is 6.13. The number of hydrogen-bond donors (Lipinski definition) is 1. The van der Waals surface area contributed by atoms with E-state index in [0.29, 0.717) is 23.7 Å². The summed E-state index contributed by atoms with van der Waals surface area (Å²) >= 11 is 0. The number of carbonyl (C=O) groups excluding carboxylic acids is 2. The van der Waals surface area contributed by atoms with Crippen LogP contribution in [0.4, 0.5) is 5.69 Å². The lowest BCUT2D eigenvalue weighted by Gasteiger charge is -2.30. The van der Waals surface area contributed by atoms with Crippen LogP contribution in [0.5, 0.6) is 0 Å². The van der Waals surface area contributed by atoms with Crippen molar-refractivity contribution in [2.45, 2.75) is 58.0 Å². The molecule has 0 saturated heterocycles. The Bertz CT molecular complexity index is 851. The Hall–Kier alpha value is -2.62. The first-order valence-corrected chi connectivity index (χ1v) is 10.0. The lowest BCUT2D eigenvalue weighted by Crippen LogP contribution is -2.37. The molecule has 0 spiro atoms. The van der Waals surface area contributed by atoms with E-state index in [4.69, 9.17) is 0 Å². The molecule has 0 aromatic heterocycles. The molecule has 0 radical (unpaired) electrons. The first-order valence-electron chi connectivity index (χ1n) is 10.0. The minimum atomic E-state index is -0.213. The molecule has 2 amide bonds. The monoisotopic (exact) mass is 362 g/mol. The molecule has 1 aliphatic heterocycles. The fraction of sp³-hybridized carbons (Fsp3) is 0.391. The van der Waals surface area contributed by atoms with Crippen LogP contribution in [-0.2, 0) is 13.0 Å². The van der Waals surface area contributed by atoms with Gasteiger partial charge in [-0.2, -0.15) is 0 Å². The van der Waals surface area contributed by atoms with Crippen LogP contribution < -0.4 is 5.32 Å². The second-order valence-corrected chi connectivity index (χ2v) is 7.57. The van der Waals surface area contributed by atoms with E-state index >= 15 is 0 Å². The molecule has 0 bridgehead atoms. The van der Waals surface area contributed by atoms with Crippen LogP contribution in [-0.4, -0.2) is 22.8 Å². The van der Waals surface area contributed by atoms with Gasteiger partial charge in [0.15, 0.2) is 0 Å². The van der Waals surface area contributed by atoms with Crippen molar-refractivity contribution in [1.82, 2.24) is 4.90 Å². The Morgan fingerprint density at radius 2 is 1.81 bits per heavy atom. The number of fused-ring (bicyclic) bond motifs is 1. The third kappa shape index (κ3) is 3.48. The molecular weight excluding hydrogens is 336 g/mol. The first-order chi connectivity index (χ1) is 13.2. The molecule has 2 aromatic carbocycles. The average Bonchev–Trinajstić information content (AvgIpc) is 3.06. The first kappa shape index (κ1) is 17.8. The van der Waals surface area contributed by atoms with Crippen molar-refractivity contribution in [3.05, 3.63) is 64.7 Å². The summed E-state index contributed by atoms with van der Waals surface area (Å²) in [5, 5.41) is 2.94. The molecule has 27 heavy (non-hydrogen) atoms. The molecule has 4 heteroatoms. The van der Waals surface area contributed by atoms with Gasteiger partial charge in [0.1, 0.15) is 0 Å². The van der Waals surface area contributed by atoms with Crippen molar-refractivity contribution in [1.29, 1.82) is 0 Å². The maximum Gasteiger partial charge on any atom is 0.256 e. The number of amides is 2. The average molecular weight is 362 g/mol. The zero-order valence-corrected chi connectivity index (χ0v) is 15.8. The van der Waals surface area contributed by atoms with Gasteiger partial charge >= 0.3 is 0 Å². The van der Waals surface area contributed by atoms with Gasteiger partial charge in [-0.25, -0.2) is 0 Å². The third-order valence-corrected chi connectivity index (χ3v) is 5.85. The predicted octanol–water partition coefficient (Wildman–Crippen LogP) is 4.79. The minimum absolute atomic E-state index is 0.0176. The Kier molecular flexibility index (Phi) is 4.97. The summed E-state index contributed by atoms with van der Waals surface area (Å²) in [6, 6.07) is 13.8. The lowest BCUT2D eigenvalue weighted by molar-refractivity contribution is 0.0657. The topological polar surface area (TPSA) is 49.4 Å². The van der Waals surface area contributed by atoms with Crippen LogP contribution in [0.25, 0.3) is 0 Å². The smallest absolute Gasteiger partial charge is 0.256 e. The summed E-state index contributed by atoms with van der Waals surface area (Å²) in [5.74, 6) is -0.195. The van der Waals surface area contributed by atoms with Crippen molar-refractivity contribution < 1.29 is 9.59 Å². The predicted molar refractivity (Wildman–Crippen MR) is 107 cm³/mol. The number of nitrogens with one attached hydrogen (secondary N) is 1. The standard InChI is InChI=1S/C23H26N2O2/c1-2-16-11-13-18(14-12-16)24-22(26)20-10-6-7-17-15-25(23(27)21(17)20)19-8-4-3-5-9-19/h6-7,10-14,19H,2-5,8-9,15H2,1H3,(H,24,26). The fourth-order valence-electron chi connectivity index (χ4n) is 4.28. The SMILES string of the molecule is CCc1ccc(NC(=O)c2cccc3c2C(=O)N(C2CCCCC2)C3)cc1. The quantitative estimate of drug-likeness (QED) is 0.850. The van der Waals surface area contributed by atoms with Gasteiger partial charge in [-0.05, 0) is 48.6 Å². The molecule has 1 N–H and O–H groups in total. The van der Waals surface area contributed by atoms with Gasteiger partial charge in [-0.3, -0.25) is 9.59 Å². The van der Waals surface area contributed by atoms with E-state index in [2.05, 4.69) is 12.2 Å². The molecular formula is C23H26N2O2. The summed E-state index contributed by atoms with van der Waals surface area (Å²) < 4.78 is 0. The van der Waals surface area contributed by atoms with Gasteiger partial charge in [0, 0.05) is 18.3 Å². The summed E-state index contributed by atoms with van der Waals surface area (Å²) in [6.45, 7) is 2.73. The highest BCUT2D eigenvalue weighted by atomic mass is 16.2. The Labute approximate surface area is 160 Å². The van der Waals surface area contributed by atoms with Gasteiger partial charge in [0.05, 0.1) is 11.1 Å². The number of carbonyl (C=O) groups is 2. The van der Waals surface area contributed by atoms with Gasteiger partial charge in [-0.15, -0.1) is 0 Å². The highest BCUT2D eigenvalue weighted by Crippen LogP contribution is 2.32. The molecule has 4 rings (SSSR count). The number of hydrogen-bond acceptors (Lipinski definition) is 2. The zero-order chi connectivity index (χ0) is 18.8. The second kappa shape index (κ2) is 7.55. The van der Waals surface area contributed by atoms with Crippen molar-refractivity contribution in [3.63, 3.8) is 0 Å². The maximum absolute atomic E-state index is 13.1. The van der Waals surface area contributed by atoms with Crippen LogP contribution in [0, 0.1) is 0 Å². The van der Waals surface area contributed by atoms with E-state index in [1.54, 1.807) is 6.07 Å². The third-order valence-electron chi connectivity index (χ3n) is 5.85. The molecule has 140 valence electrons. The number of nitrogens with zero attached hydrogens (tertiary/aromatic N) is 1. The van der Waals surface area contributed by atoms with Crippen molar-refractivity contribution in [2.75, 3.05) is 5.32 Å². The number of anilines is 1. The molecule has 2 aliphatic rings. The molecule has 2 aromatic rings.